The number of ether oxygens (including phenoxy) is 1. The number of hydroxylamine groups is 1. The van der Waals surface area contributed by atoms with Crippen molar-refractivity contribution in [3.63, 3.8) is 0 Å². The fourth-order valence-electron chi connectivity index (χ4n) is 2.65. The number of rotatable bonds is 7. The molecule has 1 aliphatic rings. The van der Waals surface area contributed by atoms with Crippen LogP contribution in [-0.2, 0) is 9.53 Å². The Bertz CT molecular complexity index is 652. The minimum Gasteiger partial charge on any atom is -0.383 e. The SMILES string of the molecule is COCCN(C)c1cc(C2=NN(C)C(=O)C2(C)NO)ccc1SC. The molecule has 2 rings (SSSR count). The van der Waals surface area contributed by atoms with Crippen LogP contribution in [0.3, 0.4) is 0 Å². The van der Waals surface area contributed by atoms with Crippen LogP contribution in [0.15, 0.2) is 28.2 Å². The number of nitrogens with zero attached hydrogens (tertiary/aromatic N) is 3. The van der Waals surface area contributed by atoms with Crippen LogP contribution in [0.4, 0.5) is 5.69 Å². The Kier molecular flexibility index (Phi) is 5.87. The van der Waals surface area contributed by atoms with Crippen LogP contribution in [-0.4, -0.2) is 68.0 Å². The molecule has 132 valence electrons. The second-order valence-corrected chi connectivity index (χ2v) is 6.66. The molecule has 1 aromatic carbocycles. The first-order valence-corrected chi connectivity index (χ1v) is 8.78. The van der Waals surface area contributed by atoms with Crippen molar-refractivity contribution in [1.29, 1.82) is 0 Å². The molecule has 0 aliphatic carbocycles. The van der Waals surface area contributed by atoms with E-state index in [1.165, 1.54) is 5.01 Å². The van der Waals surface area contributed by atoms with E-state index in [4.69, 9.17) is 4.74 Å². The van der Waals surface area contributed by atoms with Gasteiger partial charge in [0, 0.05) is 38.2 Å². The lowest BCUT2D eigenvalue weighted by atomic mass is 9.91. The van der Waals surface area contributed by atoms with Crippen molar-refractivity contribution in [1.82, 2.24) is 10.5 Å². The summed E-state index contributed by atoms with van der Waals surface area (Å²) in [6, 6.07) is 5.91. The van der Waals surface area contributed by atoms with Crippen LogP contribution in [0.5, 0.6) is 0 Å². The summed E-state index contributed by atoms with van der Waals surface area (Å²) >= 11 is 1.65. The number of amides is 1. The first kappa shape index (κ1) is 18.7. The number of carbonyl (C=O) groups excluding carboxylic acids is 1. The topological polar surface area (TPSA) is 77.4 Å². The second kappa shape index (κ2) is 7.52. The van der Waals surface area contributed by atoms with Gasteiger partial charge in [0.1, 0.15) is 5.71 Å². The fraction of sp³-hybridized carbons (Fsp3) is 0.500. The average Bonchev–Trinajstić information content (AvgIpc) is 2.83. The molecule has 0 saturated carbocycles. The molecule has 1 heterocycles. The van der Waals surface area contributed by atoms with Crippen LogP contribution in [0.1, 0.15) is 12.5 Å². The minimum absolute atomic E-state index is 0.303. The van der Waals surface area contributed by atoms with Gasteiger partial charge < -0.3 is 14.8 Å². The molecule has 0 fully saturated rings. The van der Waals surface area contributed by atoms with E-state index >= 15 is 0 Å². The number of thioether (sulfide) groups is 1. The van der Waals surface area contributed by atoms with Crippen LogP contribution in [0.2, 0.25) is 0 Å². The van der Waals surface area contributed by atoms with E-state index in [1.807, 2.05) is 31.5 Å². The molecule has 0 saturated heterocycles. The van der Waals surface area contributed by atoms with Gasteiger partial charge >= 0.3 is 0 Å². The summed E-state index contributed by atoms with van der Waals surface area (Å²) in [7, 11) is 5.24. The zero-order valence-corrected chi connectivity index (χ0v) is 15.5. The third-order valence-electron chi connectivity index (χ3n) is 4.16. The van der Waals surface area contributed by atoms with Crippen molar-refractivity contribution in [2.45, 2.75) is 17.4 Å². The number of anilines is 1. The first-order valence-electron chi connectivity index (χ1n) is 7.56. The lowest BCUT2D eigenvalue weighted by Gasteiger charge is -2.25. The largest absolute Gasteiger partial charge is 0.383 e. The number of hydrogen-bond acceptors (Lipinski definition) is 7. The highest BCUT2D eigenvalue weighted by Gasteiger charge is 2.46. The van der Waals surface area contributed by atoms with Crippen LogP contribution in [0, 0.1) is 0 Å². The summed E-state index contributed by atoms with van der Waals surface area (Å²) < 4.78 is 5.15. The first-order chi connectivity index (χ1) is 11.4. The summed E-state index contributed by atoms with van der Waals surface area (Å²) in [4.78, 5) is 15.5. The van der Waals surface area contributed by atoms with E-state index < -0.39 is 5.54 Å². The predicted molar refractivity (Wildman–Crippen MR) is 96.0 cm³/mol. The maximum atomic E-state index is 12.3. The Morgan fingerprint density at radius 3 is 2.79 bits per heavy atom. The van der Waals surface area contributed by atoms with Crippen molar-refractivity contribution in [2.75, 3.05) is 45.5 Å². The van der Waals surface area contributed by atoms with Gasteiger partial charge in [0.15, 0.2) is 5.54 Å². The number of methoxy groups -OCH3 is 1. The zero-order chi connectivity index (χ0) is 17.9. The Balaban J connectivity index is 2.45. The number of likely N-dealkylation sites (N-methyl/N-ethyl adjacent to an activating group) is 2. The Morgan fingerprint density at radius 1 is 1.50 bits per heavy atom. The molecule has 1 unspecified atom stereocenters. The molecule has 0 spiro atoms. The van der Waals surface area contributed by atoms with Crippen LogP contribution in [0.25, 0.3) is 0 Å². The molecular formula is C16H24N4O3S. The summed E-state index contributed by atoms with van der Waals surface area (Å²) in [6.45, 7) is 2.98. The lowest BCUT2D eigenvalue weighted by Crippen LogP contribution is -2.53. The number of hydrogen-bond donors (Lipinski definition) is 2. The molecule has 1 atom stereocenters. The molecule has 0 aromatic heterocycles. The third-order valence-corrected chi connectivity index (χ3v) is 4.95. The van der Waals surface area contributed by atoms with Gasteiger partial charge in [-0.3, -0.25) is 4.79 Å². The van der Waals surface area contributed by atoms with Gasteiger partial charge in [-0.15, -0.1) is 11.8 Å². The van der Waals surface area contributed by atoms with Crippen LogP contribution >= 0.6 is 11.8 Å². The van der Waals surface area contributed by atoms with Gasteiger partial charge in [-0.25, -0.2) is 5.01 Å². The Labute approximate surface area is 146 Å². The van der Waals surface area contributed by atoms with E-state index in [0.717, 1.165) is 22.7 Å². The third kappa shape index (κ3) is 3.27. The van der Waals surface area contributed by atoms with Crippen molar-refractivity contribution in [2.24, 2.45) is 5.10 Å². The van der Waals surface area contributed by atoms with E-state index in [2.05, 4.69) is 15.5 Å². The number of benzene rings is 1. The highest BCUT2D eigenvalue weighted by molar-refractivity contribution is 7.98. The van der Waals surface area contributed by atoms with Gasteiger partial charge in [-0.05, 0) is 25.3 Å². The number of hydrazone groups is 1. The highest BCUT2D eigenvalue weighted by Crippen LogP contribution is 2.32. The molecule has 7 nitrogen and oxygen atoms in total. The maximum Gasteiger partial charge on any atom is 0.270 e. The fourth-order valence-corrected chi connectivity index (χ4v) is 3.28. The summed E-state index contributed by atoms with van der Waals surface area (Å²) in [5, 5.41) is 15.1. The van der Waals surface area contributed by atoms with Gasteiger partial charge in [0.05, 0.1) is 12.3 Å². The Hall–Kier alpha value is -1.61. The van der Waals surface area contributed by atoms with E-state index in [0.29, 0.717) is 12.3 Å². The molecule has 1 amide bonds. The smallest absolute Gasteiger partial charge is 0.270 e. The molecule has 0 radical (unpaired) electrons. The van der Waals surface area contributed by atoms with Crippen LogP contribution < -0.4 is 10.4 Å². The summed E-state index contributed by atoms with van der Waals surface area (Å²) in [5.41, 5.74) is 3.18. The van der Waals surface area contributed by atoms with Gasteiger partial charge in [-0.1, -0.05) is 6.07 Å². The average molecular weight is 352 g/mol. The molecule has 0 bridgehead atoms. The maximum absolute atomic E-state index is 12.3. The number of nitrogens with one attached hydrogen (secondary N) is 1. The van der Waals surface area contributed by atoms with Crippen molar-refractivity contribution < 1.29 is 14.7 Å². The van der Waals surface area contributed by atoms with Crippen molar-refractivity contribution in [3.05, 3.63) is 23.8 Å². The molecule has 1 aliphatic heterocycles. The molecule has 8 heteroatoms. The Morgan fingerprint density at radius 2 is 2.21 bits per heavy atom. The zero-order valence-electron chi connectivity index (χ0n) is 14.7. The van der Waals surface area contributed by atoms with Gasteiger partial charge in [0.25, 0.3) is 5.91 Å². The normalized spacial score (nSPS) is 20.5. The summed E-state index contributed by atoms with van der Waals surface area (Å²) in [5.74, 6) is -0.303. The summed E-state index contributed by atoms with van der Waals surface area (Å²) in [6.07, 6.45) is 2.02. The monoisotopic (exact) mass is 352 g/mol. The minimum atomic E-state index is -1.25. The molecule has 1 aromatic rings. The van der Waals surface area contributed by atoms with E-state index in [-0.39, 0.29) is 5.91 Å². The van der Waals surface area contributed by atoms with E-state index in [1.54, 1.807) is 32.8 Å². The number of carbonyl (C=O) groups is 1. The second-order valence-electron chi connectivity index (χ2n) is 5.82. The molecule has 2 N–H and O–H groups in total. The quantitative estimate of drug-likeness (QED) is 0.571. The van der Waals surface area contributed by atoms with Crippen molar-refractivity contribution in [3.8, 4) is 0 Å². The molecular weight excluding hydrogens is 328 g/mol. The molecule has 24 heavy (non-hydrogen) atoms. The van der Waals surface area contributed by atoms with Gasteiger partial charge in [-0.2, -0.15) is 10.6 Å². The standard InChI is InChI=1S/C16H24N4O3S/c1-16(18-22)14(17-20(3)15(16)21)11-6-7-13(24-5)12(10-11)19(2)8-9-23-4/h6-7,10,18,22H,8-9H2,1-5H3. The highest BCUT2D eigenvalue weighted by atomic mass is 32.2. The van der Waals surface area contributed by atoms with E-state index in [9.17, 15) is 10.0 Å². The van der Waals surface area contributed by atoms with Gasteiger partial charge in [0.2, 0.25) is 0 Å². The van der Waals surface area contributed by atoms with Crippen molar-refractivity contribution >= 4 is 29.1 Å². The lowest BCUT2D eigenvalue weighted by molar-refractivity contribution is -0.134. The predicted octanol–water partition coefficient (Wildman–Crippen LogP) is 1.40.